The zero-order valence-electron chi connectivity index (χ0n) is 25.4. The summed E-state index contributed by atoms with van der Waals surface area (Å²) in [5, 5.41) is 18.6. The van der Waals surface area contributed by atoms with Crippen molar-refractivity contribution >= 4 is 22.8 Å². The number of hydrogen-bond donors (Lipinski definition) is 2. The highest BCUT2D eigenvalue weighted by Gasteiger charge is 2.34. The van der Waals surface area contributed by atoms with Gasteiger partial charge in [0.1, 0.15) is 46.8 Å². The molecule has 2 aromatic heterocycles. The number of fused-ring (bicyclic) bond motifs is 1. The molecule has 232 valence electrons. The fourth-order valence-corrected chi connectivity index (χ4v) is 6.20. The maximum atomic E-state index is 15.6. The summed E-state index contributed by atoms with van der Waals surface area (Å²) in [4.78, 5) is 26.4. The van der Waals surface area contributed by atoms with Gasteiger partial charge in [-0.05, 0) is 57.0 Å². The molecule has 4 heterocycles. The van der Waals surface area contributed by atoms with E-state index in [1.807, 2.05) is 32.0 Å². The molecule has 0 radical (unpaired) electrons. The van der Waals surface area contributed by atoms with E-state index in [1.54, 1.807) is 39.9 Å². The lowest BCUT2D eigenvalue weighted by molar-refractivity contribution is -0.127. The van der Waals surface area contributed by atoms with Gasteiger partial charge in [0.15, 0.2) is 5.65 Å². The molecule has 2 aromatic carbocycles. The molecule has 45 heavy (non-hydrogen) atoms. The van der Waals surface area contributed by atoms with Gasteiger partial charge in [-0.25, -0.2) is 19.0 Å². The van der Waals surface area contributed by atoms with Crippen LogP contribution in [-0.2, 0) is 11.3 Å². The zero-order chi connectivity index (χ0) is 31.6. The number of nitrogen functional groups attached to an aromatic ring is 1. The Hall–Kier alpha value is -4.86. The van der Waals surface area contributed by atoms with Gasteiger partial charge >= 0.3 is 0 Å². The number of nitrogens with one attached hydrogen (secondary N) is 1. The first-order valence-electron chi connectivity index (χ1n) is 15.1. The fraction of sp³-hybridized carbons (Fsp3) is 0.364. The Morgan fingerprint density at radius 3 is 2.67 bits per heavy atom. The summed E-state index contributed by atoms with van der Waals surface area (Å²) in [6, 6.07) is 15.6. The van der Waals surface area contributed by atoms with Crippen LogP contribution < -0.4 is 15.8 Å². The average Bonchev–Trinajstić information content (AvgIpc) is 3.66. The second-order valence-electron chi connectivity index (χ2n) is 11.9. The third-order valence-corrected chi connectivity index (χ3v) is 8.54. The molecular weight excluding hydrogens is 573 g/mol. The second kappa shape index (κ2) is 12.6. The van der Waals surface area contributed by atoms with Crippen molar-refractivity contribution in [2.24, 2.45) is 0 Å². The van der Waals surface area contributed by atoms with Gasteiger partial charge in [-0.2, -0.15) is 10.4 Å². The lowest BCUT2D eigenvalue weighted by Gasteiger charge is -2.39. The van der Waals surface area contributed by atoms with E-state index in [-0.39, 0.29) is 28.9 Å². The van der Waals surface area contributed by atoms with Crippen molar-refractivity contribution in [3.05, 3.63) is 72.3 Å². The Morgan fingerprint density at radius 2 is 1.93 bits per heavy atom. The average molecular weight is 610 g/mol. The molecule has 1 atom stereocenters. The standard InChI is InChI=1S/C33H36FN9O2/c1-33(2,41-15-12-37-13-16-41)18-22(19-35)32(44)42-14-6-7-23(42)20-43-31-28(30(36)38-21-39-31)29(40-43)26-11-10-25(17-27(26)34)45-24-8-4-3-5-9-24/h3-5,8-11,17-18,21,23,37H,6-7,12-16,20H2,1-2H3,(H2,36,38,39)/b22-18-/t23-/m0/s1. The van der Waals surface area contributed by atoms with E-state index in [1.165, 1.54) is 12.4 Å². The van der Waals surface area contributed by atoms with Crippen molar-refractivity contribution in [1.29, 1.82) is 5.26 Å². The Kier molecular flexibility index (Phi) is 8.47. The number of amides is 1. The number of ether oxygens (including phenoxy) is 1. The predicted octanol–water partition coefficient (Wildman–Crippen LogP) is 4.13. The molecule has 2 aliphatic rings. The number of anilines is 1. The maximum Gasteiger partial charge on any atom is 0.264 e. The van der Waals surface area contributed by atoms with Crippen molar-refractivity contribution in [1.82, 2.24) is 34.9 Å². The van der Waals surface area contributed by atoms with Crippen LogP contribution in [0.4, 0.5) is 10.2 Å². The van der Waals surface area contributed by atoms with Crippen LogP contribution in [0.2, 0.25) is 0 Å². The number of halogens is 1. The normalized spacial score (nSPS) is 17.9. The van der Waals surface area contributed by atoms with Crippen molar-refractivity contribution in [2.45, 2.75) is 44.8 Å². The summed E-state index contributed by atoms with van der Waals surface area (Å²) in [6.07, 6.45) is 4.65. The van der Waals surface area contributed by atoms with Crippen molar-refractivity contribution in [2.75, 3.05) is 38.5 Å². The van der Waals surface area contributed by atoms with Crippen LogP contribution >= 0.6 is 0 Å². The molecule has 0 spiro atoms. The lowest BCUT2D eigenvalue weighted by atomic mass is 9.97. The number of nitriles is 1. The first-order chi connectivity index (χ1) is 21.7. The minimum atomic E-state index is -0.535. The molecule has 6 rings (SSSR count). The third kappa shape index (κ3) is 6.22. The highest BCUT2D eigenvalue weighted by atomic mass is 19.1. The largest absolute Gasteiger partial charge is 0.457 e. The topological polar surface area (TPSA) is 138 Å². The minimum Gasteiger partial charge on any atom is -0.457 e. The van der Waals surface area contributed by atoms with Gasteiger partial charge in [0, 0.05) is 49.9 Å². The number of carbonyl (C=O) groups is 1. The molecule has 2 aliphatic heterocycles. The Labute approximate surface area is 261 Å². The van der Waals surface area contributed by atoms with Crippen LogP contribution in [0.25, 0.3) is 22.3 Å². The summed E-state index contributed by atoms with van der Waals surface area (Å²) in [7, 11) is 0. The van der Waals surface area contributed by atoms with Crippen LogP contribution in [0.15, 0.2) is 66.5 Å². The number of likely N-dealkylation sites (tertiary alicyclic amines) is 1. The molecule has 3 N–H and O–H groups in total. The summed E-state index contributed by atoms with van der Waals surface area (Å²) in [5.74, 6) is 0.279. The van der Waals surface area contributed by atoms with Gasteiger partial charge in [-0.1, -0.05) is 18.2 Å². The first kappa shape index (κ1) is 30.2. The Balaban J connectivity index is 1.28. The molecule has 2 fully saturated rings. The van der Waals surface area contributed by atoms with Gasteiger partial charge in [0.05, 0.1) is 18.0 Å². The number of aromatic nitrogens is 4. The molecule has 0 unspecified atom stereocenters. The van der Waals surface area contributed by atoms with E-state index >= 15 is 4.39 Å². The van der Waals surface area contributed by atoms with Crippen molar-refractivity contribution < 1.29 is 13.9 Å². The molecule has 0 aliphatic carbocycles. The monoisotopic (exact) mass is 609 g/mol. The van der Waals surface area contributed by atoms with Crippen LogP contribution in [0, 0.1) is 17.1 Å². The highest BCUT2D eigenvalue weighted by molar-refractivity contribution is 5.99. The maximum absolute atomic E-state index is 15.6. The number of piperazine rings is 1. The number of nitrogens with zero attached hydrogens (tertiary/aromatic N) is 7. The summed E-state index contributed by atoms with van der Waals surface area (Å²) >= 11 is 0. The SMILES string of the molecule is CC(C)(/C=C(/C#N)C(=O)N1CCC[C@H]1Cn1nc(-c2ccc(Oc3ccccc3)cc2F)c2c(N)ncnc21)N1CCNCC1. The van der Waals surface area contributed by atoms with Crippen LogP contribution in [0.1, 0.15) is 26.7 Å². The fourth-order valence-electron chi connectivity index (χ4n) is 6.20. The lowest BCUT2D eigenvalue weighted by Crippen LogP contribution is -2.52. The van der Waals surface area contributed by atoms with Crippen molar-refractivity contribution in [3.8, 4) is 28.8 Å². The molecule has 1 amide bonds. The van der Waals surface area contributed by atoms with E-state index in [2.05, 4.69) is 26.3 Å². The Morgan fingerprint density at radius 1 is 1.16 bits per heavy atom. The summed E-state index contributed by atoms with van der Waals surface area (Å²) in [6.45, 7) is 8.30. The van der Waals surface area contributed by atoms with Crippen LogP contribution in [0.5, 0.6) is 11.5 Å². The highest BCUT2D eigenvalue weighted by Crippen LogP contribution is 2.35. The van der Waals surface area contributed by atoms with E-state index in [0.29, 0.717) is 41.3 Å². The van der Waals surface area contributed by atoms with Gasteiger partial charge in [-0.15, -0.1) is 0 Å². The number of hydrogen-bond acceptors (Lipinski definition) is 9. The molecule has 4 aromatic rings. The van der Waals surface area contributed by atoms with Gasteiger partial charge in [0.2, 0.25) is 0 Å². The second-order valence-corrected chi connectivity index (χ2v) is 11.9. The number of para-hydroxylation sites is 1. The molecule has 0 bridgehead atoms. The number of nitrogens with two attached hydrogens (primary N) is 1. The smallest absolute Gasteiger partial charge is 0.264 e. The van der Waals surface area contributed by atoms with Gasteiger partial charge in [0.25, 0.3) is 5.91 Å². The van der Waals surface area contributed by atoms with E-state index in [4.69, 9.17) is 15.6 Å². The van der Waals surface area contributed by atoms with Crippen molar-refractivity contribution in [3.63, 3.8) is 0 Å². The minimum absolute atomic E-state index is 0.128. The number of benzene rings is 2. The number of carbonyl (C=O) groups excluding carboxylic acids is 1. The predicted molar refractivity (Wildman–Crippen MR) is 169 cm³/mol. The first-order valence-corrected chi connectivity index (χ1v) is 15.1. The number of rotatable bonds is 8. The zero-order valence-corrected chi connectivity index (χ0v) is 25.4. The molecular formula is C33H36FN9O2. The third-order valence-electron chi connectivity index (χ3n) is 8.54. The summed E-state index contributed by atoms with van der Waals surface area (Å²) < 4.78 is 23.0. The summed E-state index contributed by atoms with van der Waals surface area (Å²) in [5.41, 5.74) is 6.93. The molecule has 12 heteroatoms. The molecule has 2 saturated heterocycles. The quantitative estimate of drug-likeness (QED) is 0.223. The Bertz CT molecular complexity index is 1770. The van der Waals surface area contributed by atoms with E-state index in [0.717, 1.165) is 39.0 Å². The molecule has 11 nitrogen and oxygen atoms in total. The molecule has 0 saturated carbocycles. The van der Waals surface area contributed by atoms with Crippen LogP contribution in [0.3, 0.4) is 0 Å². The van der Waals surface area contributed by atoms with E-state index in [9.17, 15) is 10.1 Å². The van der Waals surface area contributed by atoms with Crippen LogP contribution in [-0.4, -0.2) is 79.8 Å². The van der Waals surface area contributed by atoms with E-state index < -0.39 is 11.4 Å². The van der Waals surface area contributed by atoms with Gasteiger partial charge in [-0.3, -0.25) is 9.69 Å². The van der Waals surface area contributed by atoms with Gasteiger partial charge < -0.3 is 20.7 Å².